The van der Waals surface area contributed by atoms with Gasteiger partial charge in [-0.25, -0.2) is 0 Å². The molecule has 1 saturated carbocycles. The first kappa shape index (κ1) is 18.8. The van der Waals surface area contributed by atoms with E-state index >= 15 is 0 Å². The summed E-state index contributed by atoms with van der Waals surface area (Å²) >= 11 is 12.8. The van der Waals surface area contributed by atoms with Gasteiger partial charge in [-0.3, -0.25) is 4.79 Å². The van der Waals surface area contributed by atoms with Crippen molar-refractivity contribution in [3.63, 3.8) is 0 Å². The molecule has 0 spiro atoms. The number of carbonyl (C=O) groups excluding carboxylic acids is 1. The molecule has 1 aliphatic carbocycles. The fraction of sp³-hybridized carbons (Fsp3) is 0.435. The van der Waals surface area contributed by atoms with E-state index in [1.165, 1.54) is 16.7 Å². The molecule has 2 aromatic carbocycles. The number of carbonyl (C=O) groups is 1. The average Bonchev–Trinajstić information content (AvgIpc) is 2.85. The fourth-order valence-corrected chi connectivity index (χ4v) is 5.94. The van der Waals surface area contributed by atoms with Crippen LogP contribution in [-0.4, -0.2) is 11.9 Å². The number of benzene rings is 2. The molecule has 2 aromatic rings. The highest BCUT2D eigenvalue weighted by Gasteiger charge is 2.57. The quantitative estimate of drug-likeness (QED) is 0.646. The molecule has 0 radical (unpaired) electrons. The standard InChI is InChI=1S/C23H25Cl2NO/c1-13-4-9-17(19(25)12-13)18-10-11-23(3)21(14(2)26-22(23)27)20(18)15-5-7-16(24)8-6-15/h4-9,12,14,18,20-21H,10-11H2,1-3H3,(H,26,27)/t14-,18+,20+,21+,23-/m1/s1. The van der Waals surface area contributed by atoms with Crippen LogP contribution in [0.15, 0.2) is 42.5 Å². The van der Waals surface area contributed by atoms with E-state index in [4.69, 9.17) is 23.2 Å². The average molecular weight is 402 g/mol. The first-order valence-electron chi connectivity index (χ1n) is 9.64. The lowest BCUT2D eigenvalue weighted by Crippen LogP contribution is -2.42. The molecule has 2 fully saturated rings. The van der Waals surface area contributed by atoms with E-state index in [2.05, 4.69) is 50.4 Å². The molecule has 2 aliphatic rings. The van der Waals surface area contributed by atoms with Gasteiger partial charge in [-0.05, 0) is 73.4 Å². The van der Waals surface area contributed by atoms with Crippen molar-refractivity contribution in [2.24, 2.45) is 11.3 Å². The van der Waals surface area contributed by atoms with Crippen LogP contribution in [0.25, 0.3) is 0 Å². The number of halogens is 2. The lowest BCUT2D eigenvalue weighted by atomic mass is 9.56. The molecule has 5 atom stereocenters. The number of aryl methyl sites for hydroxylation is 1. The van der Waals surface area contributed by atoms with Gasteiger partial charge in [0.05, 0.1) is 5.41 Å². The molecular weight excluding hydrogens is 377 g/mol. The number of hydrogen-bond acceptors (Lipinski definition) is 1. The molecule has 0 unspecified atom stereocenters. The van der Waals surface area contributed by atoms with E-state index in [0.717, 1.165) is 22.9 Å². The Morgan fingerprint density at radius 3 is 2.48 bits per heavy atom. The Kier molecular flexibility index (Phi) is 4.76. The summed E-state index contributed by atoms with van der Waals surface area (Å²) in [5, 5.41) is 4.77. The van der Waals surface area contributed by atoms with Gasteiger partial charge in [-0.15, -0.1) is 0 Å². The highest BCUT2D eigenvalue weighted by atomic mass is 35.5. The number of hydrogen-bond donors (Lipinski definition) is 1. The van der Waals surface area contributed by atoms with E-state index in [1.807, 2.05) is 18.2 Å². The number of rotatable bonds is 2. The minimum Gasteiger partial charge on any atom is -0.353 e. The molecule has 2 nitrogen and oxygen atoms in total. The molecule has 1 saturated heterocycles. The SMILES string of the molecule is Cc1ccc([C@@H]2CC[C@@]3(C)C(=O)N[C@H](C)[C@H]3[C@H]2c2ccc(Cl)cc2)c(Cl)c1. The summed E-state index contributed by atoms with van der Waals surface area (Å²) in [6, 6.07) is 14.6. The van der Waals surface area contributed by atoms with Crippen LogP contribution in [0.2, 0.25) is 10.0 Å². The molecule has 1 amide bonds. The van der Waals surface area contributed by atoms with E-state index in [1.54, 1.807) is 0 Å². The molecule has 1 aliphatic heterocycles. The van der Waals surface area contributed by atoms with Gasteiger partial charge >= 0.3 is 0 Å². The van der Waals surface area contributed by atoms with Crippen LogP contribution < -0.4 is 5.32 Å². The molecule has 142 valence electrons. The van der Waals surface area contributed by atoms with Crippen molar-refractivity contribution in [1.29, 1.82) is 0 Å². The van der Waals surface area contributed by atoms with Crippen LogP contribution in [0.3, 0.4) is 0 Å². The van der Waals surface area contributed by atoms with E-state index in [0.29, 0.717) is 0 Å². The normalized spacial score (nSPS) is 32.9. The summed E-state index contributed by atoms with van der Waals surface area (Å²) in [6.07, 6.45) is 1.83. The zero-order valence-corrected chi connectivity index (χ0v) is 17.4. The minimum atomic E-state index is -0.336. The van der Waals surface area contributed by atoms with E-state index in [9.17, 15) is 4.79 Å². The molecule has 0 aromatic heterocycles. The van der Waals surface area contributed by atoms with Gasteiger partial charge in [0, 0.05) is 22.0 Å². The van der Waals surface area contributed by atoms with Crippen molar-refractivity contribution in [3.8, 4) is 0 Å². The lowest BCUT2D eigenvalue weighted by molar-refractivity contribution is -0.129. The maximum atomic E-state index is 12.8. The monoisotopic (exact) mass is 401 g/mol. The third-order valence-electron chi connectivity index (χ3n) is 6.76. The Balaban J connectivity index is 1.85. The van der Waals surface area contributed by atoms with Crippen molar-refractivity contribution in [3.05, 3.63) is 69.2 Å². The predicted molar refractivity (Wildman–Crippen MR) is 112 cm³/mol. The first-order valence-corrected chi connectivity index (χ1v) is 10.4. The van der Waals surface area contributed by atoms with Crippen molar-refractivity contribution < 1.29 is 4.79 Å². The van der Waals surface area contributed by atoms with Crippen LogP contribution in [0, 0.1) is 18.3 Å². The van der Waals surface area contributed by atoms with Crippen LogP contribution in [0.1, 0.15) is 55.2 Å². The third-order valence-corrected chi connectivity index (χ3v) is 7.34. The van der Waals surface area contributed by atoms with Gasteiger partial charge in [-0.2, -0.15) is 0 Å². The summed E-state index contributed by atoms with van der Waals surface area (Å²) in [7, 11) is 0. The predicted octanol–water partition coefficient (Wildman–Crippen LogP) is 6.10. The number of nitrogens with one attached hydrogen (secondary N) is 1. The second-order valence-electron chi connectivity index (χ2n) is 8.45. The summed E-state index contributed by atoms with van der Waals surface area (Å²) in [5.41, 5.74) is 3.26. The summed E-state index contributed by atoms with van der Waals surface area (Å²) < 4.78 is 0. The van der Waals surface area contributed by atoms with Gasteiger partial charge in [0.2, 0.25) is 5.91 Å². The fourth-order valence-electron chi connectivity index (χ4n) is 5.44. The van der Waals surface area contributed by atoms with Crippen LogP contribution in [-0.2, 0) is 4.79 Å². The Bertz CT molecular complexity index is 878. The minimum absolute atomic E-state index is 0.134. The molecule has 4 rings (SSSR count). The van der Waals surface area contributed by atoms with Gasteiger partial charge in [-0.1, -0.05) is 54.4 Å². The van der Waals surface area contributed by atoms with E-state index < -0.39 is 0 Å². The number of amides is 1. The van der Waals surface area contributed by atoms with Crippen LogP contribution in [0.5, 0.6) is 0 Å². The van der Waals surface area contributed by atoms with Crippen LogP contribution >= 0.6 is 23.2 Å². The van der Waals surface area contributed by atoms with Crippen molar-refractivity contribution in [2.75, 3.05) is 0 Å². The molecule has 1 heterocycles. The van der Waals surface area contributed by atoms with Gasteiger partial charge in [0.25, 0.3) is 0 Å². The van der Waals surface area contributed by atoms with E-state index in [-0.39, 0.29) is 35.1 Å². The Hall–Kier alpha value is -1.51. The zero-order chi connectivity index (χ0) is 19.3. The molecule has 4 heteroatoms. The first-order chi connectivity index (χ1) is 12.8. The zero-order valence-electron chi connectivity index (χ0n) is 15.9. The van der Waals surface area contributed by atoms with Gasteiger partial charge in [0.15, 0.2) is 0 Å². The smallest absolute Gasteiger partial charge is 0.226 e. The maximum Gasteiger partial charge on any atom is 0.226 e. The highest BCUT2D eigenvalue weighted by molar-refractivity contribution is 6.31. The Labute approximate surface area is 171 Å². The lowest BCUT2D eigenvalue weighted by Gasteiger charge is -2.46. The summed E-state index contributed by atoms with van der Waals surface area (Å²) in [5.74, 6) is 0.914. The maximum absolute atomic E-state index is 12.8. The van der Waals surface area contributed by atoms with Crippen molar-refractivity contribution >= 4 is 29.1 Å². The Morgan fingerprint density at radius 2 is 1.81 bits per heavy atom. The summed E-state index contributed by atoms with van der Waals surface area (Å²) in [6.45, 7) is 6.33. The third kappa shape index (κ3) is 3.07. The van der Waals surface area contributed by atoms with Crippen molar-refractivity contribution in [1.82, 2.24) is 5.32 Å². The topological polar surface area (TPSA) is 29.1 Å². The van der Waals surface area contributed by atoms with Gasteiger partial charge in [0.1, 0.15) is 0 Å². The second kappa shape index (κ2) is 6.83. The summed E-state index contributed by atoms with van der Waals surface area (Å²) in [4.78, 5) is 12.8. The second-order valence-corrected chi connectivity index (χ2v) is 9.30. The molecule has 27 heavy (non-hydrogen) atoms. The van der Waals surface area contributed by atoms with Gasteiger partial charge < -0.3 is 5.32 Å². The largest absolute Gasteiger partial charge is 0.353 e. The molecule has 0 bridgehead atoms. The Morgan fingerprint density at radius 1 is 1.11 bits per heavy atom. The van der Waals surface area contributed by atoms with Crippen LogP contribution in [0.4, 0.5) is 0 Å². The number of fused-ring (bicyclic) bond motifs is 1. The van der Waals surface area contributed by atoms with Crippen molar-refractivity contribution in [2.45, 2.75) is 51.5 Å². The highest BCUT2D eigenvalue weighted by Crippen LogP contribution is 2.59. The molecule has 1 N–H and O–H groups in total. The molecular formula is C23H25Cl2NO.